The summed E-state index contributed by atoms with van der Waals surface area (Å²) in [5, 5.41) is -0.729. The summed E-state index contributed by atoms with van der Waals surface area (Å²) in [6.07, 6.45) is 0.853. The Morgan fingerprint density at radius 3 is 2.75 bits per heavy atom. The molecule has 1 aromatic heterocycles. The highest BCUT2D eigenvalue weighted by Gasteiger charge is 2.19. The van der Waals surface area contributed by atoms with Gasteiger partial charge in [-0.05, 0) is 31.5 Å². The second kappa shape index (κ2) is 7.43. The van der Waals surface area contributed by atoms with Crippen LogP contribution in [0.15, 0.2) is 30.5 Å². The predicted molar refractivity (Wildman–Crippen MR) is 87.0 cm³/mol. The highest BCUT2D eigenvalue weighted by atomic mass is 32.2. The fourth-order valence-corrected chi connectivity index (χ4v) is 2.30. The summed E-state index contributed by atoms with van der Waals surface area (Å²) >= 11 is 0. The Bertz CT molecular complexity index is 812. The monoisotopic (exact) mass is 355 g/mol. The first-order valence-electron chi connectivity index (χ1n) is 7.11. The van der Waals surface area contributed by atoms with Crippen molar-refractivity contribution in [1.29, 1.82) is 0 Å². The first-order chi connectivity index (χ1) is 11.3. The van der Waals surface area contributed by atoms with Gasteiger partial charge >= 0.3 is 6.01 Å². The molecule has 1 heterocycles. The molecule has 0 aliphatic rings. The molecule has 0 fully saturated rings. The molecule has 1 N–H and O–H groups in total. The molecule has 0 spiro atoms. The standard InChI is InChI=1S/C15H18FN3O4S/c1-10(2)24(20,21)19-14-13(16)8-17-15(18-14)23-9-11-5-4-6-12(7-11)22-3/h4-8,10H,9H2,1-3H3,(H,17,18,19). The molecule has 0 radical (unpaired) electrons. The second-order valence-corrected chi connectivity index (χ2v) is 7.42. The van der Waals surface area contributed by atoms with Crippen molar-refractivity contribution in [2.24, 2.45) is 0 Å². The summed E-state index contributed by atoms with van der Waals surface area (Å²) in [6, 6.07) is 7.03. The molecule has 0 aliphatic carbocycles. The van der Waals surface area contributed by atoms with Gasteiger partial charge in [0.15, 0.2) is 11.6 Å². The molecule has 7 nitrogen and oxygen atoms in total. The Labute approximate surface area is 139 Å². The van der Waals surface area contributed by atoms with Gasteiger partial charge in [0.1, 0.15) is 12.4 Å². The second-order valence-electron chi connectivity index (χ2n) is 5.19. The maximum atomic E-state index is 13.7. The molecule has 0 saturated carbocycles. The van der Waals surface area contributed by atoms with Gasteiger partial charge in [-0.15, -0.1) is 0 Å². The number of hydrogen-bond acceptors (Lipinski definition) is 6. The van der Waals surface area contributed by atoms with E-state index in [0.717, 1.165) is 11.8 Å². The fraction of sp³-hybridized carbons (Fsp3) is 0.333. The smallest absolute Gasteiger partial charge is 0.318 e. The minimum Gasteiger partial charge on any atom is -0.497 e. The van der Waals surface area contributed by atoms with E-state index in [2.05, 4.69) is 14.7 Å². The van der Waals surface area contributed by atoms with Crippen molar-refractivity contribution in [2.75, 3.05) is 11.8 Å². The molecular weight excluding hydrogens is 337 g/mol. The Morgan fingerprint density at radius 1 is 1.33 bits per heavy atom. The number of anilines is 1. The van der Waals surface area contributed by atoms with Crippen molar-refractivity contribution in [3.05, 3.63) is 41.8 Å². The SMILES string of the molecule is COc1cccc(COc2ncc(F)c(NS(=O)(=O)C(C)C)n2)c1. The number of hydrogen-bond donors (Lipinski definition) is 1. The van der Waals surface area contributed by atoms with E-state index in [0.29, 0.717) is 5.75 Å². The molecule has 24 heavy (non-hydrogen) atoms. The normalized spacial score (nSPS) is 11.4. The van der Waals surface area contributed by atoms with Gasteiger partial charge in [0.25, 0.3) is 0 Å². The zero-order valence-corrected chi connectivity index (χ0v) is 14.3. The zero-order chi connectivity index (χ0) is 17.7. The number of nitrogens with one attached hydrogen (secondary N) is 1. The summed E-state index contributed by atoms with van der Waals surface area (Å²) in [5.74, 6) is -0.659. The lowest BCUT2D eigenvalue weighted by Gasteiger charge is -2.11. The maximum Gasteiger partial charge on any atom is 0.318 e. The van der Waals surface area contributed by atoms with Crippen molar-refractivity contribution < 1.29 is 22.3 Å². The molecule has 0 unspecified atom stereocenters. The number of halogens is 1. The third-order valence-electron chi connectivity index (χ3n) is 3.08. The van der Waals surface area contributed by atoms with Crippen LogP contribution in [0.3, 0.4) is 0 Å². The van der Waals surface area contributed by atoms with Crippen LogP contribution >= 0.6 is 0 Å². The van der Waals surface area contributed by atoms with Crippen molar-refractivity contribution in [1.82, 2.24) is 9.97 Å². The Balaban J connectivity index is 2.13. The van der Waals surface area contributed by atoms with E-state index in [4.69, 9.17) is 9.47 Å². The average molecular weight is 355 g/mol. The topological polar surface area (TPSA) is 90.4 Å². The van der Waals surface area contributed by atoms with Crippen LogP contribution in [-0.2, 0) is 16.6 Å². The number of sulfonamides is 1. The first kappa shape index (κ1) is 17.9. The lowest BCUT2D eigenvalue weighted by Crippen LogP contribution is -2.24. The number of ether oxygens (including phenoxy) is 2. The van der Waals surface area contributed by atoms with E-state index in [1.807, 2.05) is 6.07 Å². The van der Waals surface area contributed by atoms with Gasteiger partial charge in [-0.2, -0.15) is 4.98 Å². The summed E-state index contributed by atoms with van der Waals surface area (Å²) in [5.41, 5.74) is 0.798. The molecule has 0 aliphatic heterocycles. The van der Waals surface area contributed by atoms with E-state index in [1.54, 1.807) is 25.3 Å². The predicted octanol–water partition coefficient (Wildman–Crippen LogP) is 2.35. The number of aromatic nitrogens is 2. The van der Waals surface area contributed by atoms with Crippen molar-refractivity contribution in [3.63, 3.8) is 0 Å². The number of benzene rings is 1. The minimum atomic E-state index is -3.72. The summed E-state index contributed by atoms with van der Waals surface area (Å²) in [7, 11) is -2.17. The average Bonchev–Trinajstić information content (AvgIpc) is 2.55. The van der Waals surface area contributed by atoms with Gasteiger partial charge in [-0.3, -0.25) is 4.72 Å². The van der Waals surface area contributed by atoms with Crippen LogP contribution in [-0.4, -0.2) is 30.7 Å². The molecule has 2 aromatic rings. The van der Waals surface area contributed by atoms with Crippen LogP contribution in [0.2, 0.25) is 0 Å². The molecule has 0 bridgehead atoms. The number of nitrogens with zero attached hydrogens (tertiary/aromatic N) is 2. The molecule has 0 saturated heterocycles. The van der Waals surface area contributed by atoms with Crippen LogP contribution in [0.25, 0.3) is 0 Å². The van der Waals surface area contributed by atoms with Gasteiger partial charge in [0.2, 0.25) is 10.0 Å². The van der Waals surface area contributed by atoms with Crippen LogP contribution < -0.4 is 14.2 Å². The number of methoxy groups -OCH3 is 1. The van der Waals surface area contributed by atoms with Gasteiger partial charge in [-0.25, -0.2) is 17.8 Å². The van der Waals surface area contributed by atoms with Crippen LogP contribution in [0.5, 0.6) is 11.8 Å². The molecule has 0 amide bonds. The van der Waals surface area contributed by atoms with Crippen molar-refractivity contribution in [3.8, 4) is 11.8 Å². The maximum absolute atomic E-state index is 13.7. The molecule has 9 heteroatoms. The molecular formula is C15H18FN3O4S. The largest absolute Gasteiger partial charge is 0.497 e. The molecule has 130 valence electrons. The van der Waals surface area contributed by atoms with Crippen LogP contribution in [0.1, 0.15) is 19.4 Å². The third kappa shape index (κ3) is 4.54. The van der Waals surface area contributed by atoms with Gasteiger partial charge in [0.05, 0.1) is 18.6 Å². The lowest BCUT2D eigenvalue weighted by atomic mass is 10.2. The quantitative estimate of drug-likeness (QED) is 0.820. The number of rotatable bonds is 7. The van der Waals surface area contributed by atoms with E-state index < -0.39 is 26.9 Å². The summed E-state index contributed by atoms with van der Waals surface area (Å²) in [4.78, 5) is 7.46. The van der Waals surface area contributed by atoms with Gasteiger partial charge in [0, 0.05) is 0 Å². The molecule has 0 atom stereocenters. The summed E-state index contributed by atoms with van der Waals surface area (Å²) in [6.45, 7) is 3.07. The van der Waals surface area contributed by atoms with Gasteiger partial charge < -0.3 is 9.47 Å². The van der Waals surface area contributed by atoms with Crippen molar-refractivity contribution in [2.45, 2.75) is 25.7 Å². The van der Waals surface area contributed by atoms with Gasteiger partial charge in [-0.1, -0.05) is 12.1 Å². The fourth-order valence-electron chi connectivity index (χ4n) is 1.65. The Morgan fingerprint density at radius 2 is 2.08 bits per heavy atom. The Hall–Kier alpha value is -2.42. The van der Waals surface area contributed by atoms with Crippen LogP contribution in [0, 0.1) is 5.82 Å². The van der Waals surface area contributed by atoms with E-state index in [-0.39, 0.29) is 12.6 Å². The van der Waals surface area contributed by atoms with E-state index in [9.17, 15) is 12.8 Å². The minimum absolute atomic E-state index is 0.124. The summed E-state index contributed by atoms with van der Waals surface area (Å²) < 4.78 is 49.9. The van der Waals surface area contributed by atoms with E-state index in [1.165, 1.54) is 13.8 Å². The van der Waals surface area contributed by atoms with Crippen molar-refractivity contribution >= 4 is 15.8 Å². The highest BCUT2D eigenvalue weighted by molar-refractivity contribution is 7.93. The van der Waals surface area contributed by atoms with E-state index >= 15 is 0 Å². The molecule has 2 rings (SSSR count). The third-order valence-corrected chi connectivity index (χ3v) is 4.80. The van der Waals surface area contributed by atoms with Crippen LogP contribution in [0.4, 0.5) is 10.2 Å². The molecule has 1 aromatic carbocycles. The Kier molecular flexibility index (Phi) is 5.55. The lowest BCUT2D eigenvalue weighted by molar-refractivity contribution is 0.279. The zero-order valence-electron chi connectivity index (χ0n) is 13.5. The first-order valence-corrected chi connectivity index (χ1v) is 8.66. The highest BCUT2D eigenvalue weighted by Crippen LogP contribution is 2.18.